The first kappa shape index (κ1) is 13.4. The summed E-state index contributed by atoms with van der Waals surface area (Å²) in [5, 5.41) is 0. The largest absolute Gasteiger partial charge is 0.494 e. The van der Waals surface area contributed by atoms with Crippen LogP contribution in [0.2, 0.25) is 0 Å². The van der Waals surface area contributed by atoms with Gasteiger partial charge < -0.3 is 4.74 Å². The van der Waals surface area contributed by atoms with Gasteiger partial charge in [0.25, 0.3) is 0 Å². The molecule has 0 amide bonds. The van der Waals surface area contributed by atoms with Gasteiger partial charge in [0.1, 0.15) is 5.75 Å². The van der Waals surface area contributed by atoms with Crippen LogP contribution >= 0.6 is 11.6 Å². The maximum absolute atomic E-state index is 5.68. The second-order valence-corrected chi connectivity index (χ2v) is 4.60. The first-order valence-electron chi connectivity index (χ1n) is 6.04. The smallest absolute Gasteiger partial charge is 0.119 e. The van der Waals surface area contributed by atoms with Crippen molar-refractivity contribution in [3.8, 4) is 5.75 Å². The van der Waals surface area contributed by atoms with E-state index in [0.29, 0.717) is 5.92 Å². The Bertz CT molecular complexity index is 281. The van der Waals surface area contributed by atoms with Crippen LogP contribution in [0.4, 0.5) is 0 Å². The van der Waals surface area contributed by atoms with Crippen LogP contribution < -0.4 is 4.74 Å². The van der Waals surface area contributed by atoms with E-state index in [1.54, 1.807) is 0 Å². The third-order valence-corrected chi connectivity index (χ3v) is 3.03. The van der Waals surface area contributed by atoms with Gasteiger partial charge in [-0.3, -0.25) is 0 Å². The van der Waals surface area contributed by atoms with Crippen LogP contribution in [0.25, 0.3) is 0 Å². The van der Waals surface area contributed by atoms with E-state index in [2.05, 4.69) is 26.0 Å². The van der Waals surface area contributed by atoms with Gasteiger partial charge in [0.15, 0.2) is 0 Å². The van der Waals surface area contributed by atoms with Gasteiger partial charge in [0.05, 0.1) is 6.61 Å². The molecule has 1 aromatic rings. The van der Waals surface area contributed by atoms with Gasteiger partial charge >= 0.3 is 0 Å². The minimum Gasteiger partial charge on any atom is -0.494 e. The van der Waals surface area contributed by atoms with E-state index in [-0.39, 0.29) is 0 Å². The van der Waals surface area contributed by atoms with E-state index in [4.69, 9.17) is 16.3 Å². The zero-order valence-electron chi connectivity index (χ0n) is 10.2. The summed E-state index contributed by atoms with van der Waals surface area (Å²) in [5.74, 6) is 2.36. The first-order chi connectivity index (χ1) is 7.76. The summed E-state index contributed by atoms with van der Waals surface area (Å²) < 4.78 is 5.68. The highest BCUT2D eigenvalue weighted by molar-refractivity contribution is 6.17. The van der Waals surface area contributed by atoms with Crippen molar-refractivity contribution in [1.82, 2.24) is 0 Å². The van der Waals surface area contributed by atoms with Crippen molar-refractivity contribution in [3.05, 3.63) is 29.8 Å². The number of rotatable bonds is 7. The Morgan fingerprint density at radius 3 is 2.44 bits per heavy atom. The Balaban J connectivity index is 2.26. The molecule has 90 valence electrons. The van der Waals surface area contributed by atoms with Crippen molar-refractivity contribution in [2.24, 2.45) is 5.92 Å². The van der Waals surface area contributed by atoms with Crippen molar-refractivity contribution >= 4 is 11.6 Å². The van der Waals surface area contributed by atoms with Gasteiger partial charge in [-0.2, -0.15) is 0 Å². The third-order valence-electron chi connectivity index (χ3n) is 2.81. The van der Waals surface area contributed by atoms with Gasteiger partial charge in [-0.25, -0.2) is 0 Å². The number of hydrogen-bond donors (Lipinski definition) is 0. The van der Waals surface area contributed by atoms with Crippen molar-refractivity contribution < 1.29 is 4.74 Å². The lowest BCUT2D eigenvalue weighted by Gasteiger charge is -2.11. The highest BCUT2D eigenvalue weighted by atomic mass is 35.5. The molecule has 0 heterocycles. The average molecular weight is 241 g/mol. The Hall–Kier alpha value is -0.690. The third kappa shape index (κ3) is 4.89. The van der Waals surface area contributed by atoms with Crippen LogP contribution in [0, 0.1) is 5.92 Å². The fourth-order valence-corrected chi connectivity index (χ4v) is 1.90. The number of hydrogen-bond acceptors (Lipinski definition) is 1. The van der Waals surface area contributed by atoms with Crippen molar-refractivity contribution in [1.29, 1.82) is 0 Å². The molecule has 0 aliphatic carbocycles. The second-order valence-electron chi connectivity index (χ2n) is 4.22. The van der Waals surface area contributed by atoms with Crippen LogP contribution in [0.15, 0.2) is 24.3 Å². The highest BCUT2D eigenvalue weighted by Crippen LogP contribution is 2.14. The minimum absolute atomic E-state index is 0.646. The number of ether oxygens (including phenoxy) is 1. The minimum atomic E-state index is 0.646. The summed E-state index contributed by atoms with van der Waals surface area (Å²) in [4.78, 5) is 0. The van der Waals surface area contributed by atoms with Crippen LogP contribution in [-0.4, -0.2) is 12.5 Å². The zero-order valence-corrected chi connectivity index (χ0v) is 11.0. The lowest BCUT2D eigenvalue weighted by atomic mass is 10.1. The van der Waals surface area contributed by atoms with E-state index in [1.165, 1.54) is 5.56 Å². The Morgan fingerprint density at radius 1 is 1.19 bits per heavy atom. The molecule has 0 radical (unpaired) electrons. The highest BCUT2D eigenvalue weighted by Gasteiger charge is 2.01. The molecule has 0 N–H and O–H groups in total. The van der Waals surface area contributed by atoms with Gasteiger partial charge in [-0.15, -0.1) is 11.6 Å². The van der Waals surface area contributed by atoms with Crippen molar-refractivity contribution in [3.63, 3.8) is 0 Å². The molecule has 1 aromatic carbocycles. The van der Waals surface area contributed by atoms with Crippen LogP contribution in [-0.2, 0) is 6.42 Å². The van der Waals surface area contributed by atoms with Gasteiger partial charge in [0.2, 0.25) is 0 Å². The summed E-state index contributed by atoms with van der Waals surface area (Å²) in [6, 6.07) is 8.34. The predicted octanol–water partition coefficient (Wildman–Crippen LogP) is 4.28. The first-order valence-corrected chi connectivity index (χ1v) is 6.57. The van der Waals surface area contributed by atoms with Gasteiger partial charge in [0, 0.05) is 5.88 Å². The standard InChI is InChI=1S/C14H21ClO/c1-3-13-4-6-14(7-5-13)16-11-9-12(2)8-10-15/h4-7,12H,3,8-11H2,1-2H3. The maximum atomic E-state index is 5.68. The summed E-state index contributed by atoms with van der Waals surface area (Å²) in [7, 11) is 0. The summed E-state index contributed by atoms with van der Waals surface area (Å²) in [6.07, 6.45) is 3.22. The maximum Gasteiger partial charge on any atom is 0.119 e. The fourth-order valence-electron chi connectivity index (χ4n) is 1.53. The topological polar surface area (TPSA) is 9.23 Å². The van der Waals surface area contributed by atoms with E-state index in [0.717, 1.165) is 37.5 Å². The SMILES string of the molecule is CCc1ccc(OCCC(C)CCCl)cc1. The van der Waals surface area contributed by atoms with Crippen LogP contribution in [0.5, 0.6) is 5.75 Å². The molecule has 0 aromatic heterocycles. The number of aryl methyl sites for hydroxylation is 1. The molecular formula is C14H21ClO. The van der Waals surface area contributed by atoms with E-state index in [1.807, 2.05) is 12.1 Å². The fraction of sp³-hybridized carbons (Fsp3) is 0.571. The lowest BCUT2D eigenvalue weighted by molar-refractivity contribution is 0.282. The predicted molar refractivity (Wildman–Crippen MR) is 70.4 cm³/mol. The normalized spacial score (nSPS) is 12.4. The molecule has 0 fully saturated rings. The molecule has 0 aliphatic heterocycles. The van der Waals surface area contributed by atoms with E-state index >= 15 is 0 Å². The van der Waals surface area contributed by atoms with Gasteiger partial charge in [-0.1, -0.05) is 26.0 Å². The molecule has 0 spiro atoms. The second kappa shape index (κ2) is 7.56. The van der Waals surface area contributed by atoms with E-state index < -0.39 is 0 Å². The monoisotopic (exact) mass is 240 g/mol. The van der Waals surface area contributed by atoms with Crippen LogP contribution in [0.3, 0.4) is 0 Å². The molecule has 0 bridgehead atoms. The molecule has 0 saturated heterocycles. The molecule has 1 rings (SSSR count). The van der Waals surface area contributed by atoms with Gasteiger partial charge in [-0.05, 0) is 42.9 Å². The molecule has 1 unspecified atom stereocenters. The number of alkyl halides is 1. The molecule has 0 aliphatic rings. The van der Waals surface area contributed by atoms with Crippen LogP contribution in [0.1, 0.15) is 32.3 Å². The number of benzene rings is 1. The molecule has 0 saturated carbocycles. The summed E-state index contributed by atoms with van der Waals surface area (Å²) in [6.45, 7) is 5.15. The summed E-state index contributed by atoms with van der Waals surface area (Å²) in [5.41, 5.74) is 1.35. The zero-order chi connectivity index (χ0) is 11.8. The van der Waals surface area contributed by atoms with Crippen molar-refractivity contribution in [2.75, 3.05) is 12.5 Å². The molecule has 16 heavy (non-hydrogen) atoms. The molecular weight excluding hydrogens is 220 g/mol. The summed E-state index contributed by atoms with van der Waals surface area (Å²) >= 11 is 5.68. The number of halogens is 1. The van der Waals surface area contributed by atoms with E-state index in [9.17, 15) is 0 Å². The average Bonchev–Trinajstić information content (AvgIpc) is 2.30. The Kier molecular flexibility index (Phi) is 6.32. The lowest BCUT2D eigenvalue weighted by Crippen LogP contribution is -2.04. The Labute approximate surface area is 104 Å². The molecule has 1 nitrogen and oxygen atoms in total. The molecule has 1 atom stereocenters. The molecule has 2 heteroatoms. The quantitative estimate of drug-likeness (QED) is 0.647. The van der Waals surface area contributed by atoms with Crippen molar-refractivity contribution in [2.45, 2.75) is 33.1 Å². The Morgan fingerprint density at radius 2 is 1.88 bits per heavy atom.